The third-order valence-corrected chi connectivity index (χ3v) is 2.63. The van der Waals surface area contributed by atoms with Crippen LogP contribution in [0.25, 0.3) is 0 Å². The maximum absolute atomic E-state index is 11.8. The van der Waals surface area contributed by atoms with Crippen molar-refractivity contribution >= 4 is 23.3 Å². The zero-order valence-electron chi connectivity index (χ0n) is 11.3. The number of nitro groups is 1. The number of nitrogens with one attached hydrogen (secondary N) is 1. The Morgan fingerprint density at radius 3 is 2.25 bits per heavy atom. The van der Waals surface area contributed by atoms with Gasteiger partial charge in [0, 0.05) is 24.2 Å². The van der Waals surface area contributed by atoms with E-state index in [1.807, 2.05) is 0 Å². The van der Waals surface area contributed by atoms with Crippen LogP contribution in [-0.4, -0.2) is 21.9 Å². The molecular formula is C13H16N2O5. The molecule has 0 saturated heterocycles. The molecule has 0 heterocycles. The first-order valence-electron chi connectivity index (χ1n) is 5.96. The number of hydrogen-bond acceptors (Lipinski definition) is 4. The van der Waals surface area contributed by atoms with Gasteiger partial charge < -0.3 is 10.4 Å². The highest BCUT2D eigenvalue weighted by molar-refractivity contribution is 5.91. The molecule has 7 heteroatoms. The van der Waals surface area contributed by atoms with Crippen LogP contribution in [0.5, 0.6) is 0 Å². The van der Waals surface area contributed by atoms with Gasteiger partial charge in [0.05, 0.1) is 11.3 Å². The fourth-order valence-electron chi connectivity index (χ4n) is 1.78. The van der Waals surface area contributed by atoms with E-state index in [9.17, 15) is 19.7 Å². The number of carboxylic acid groups (broad SMARTS) is 1. The van der Waals surface area contributed by atoms with Crippen molar-refractivity contribution in [3.05, 3.63) is 34.4 Å². The Morgan fingerprint density at radius 1 is 1.25 bits per heavy atom. The molecule has 0 fully saturated rings. The molecule has 0 atom stereocenters. The van der Waals surface area contributed by atoms with Gasteiger partial charge in [-0.25, -0.2) is 0 Å². The molecule has 2 N–H and O–H groups in total. The molecule has 0 aliphatic rings. The molecule has 20 heavy (non-hydrogen) atoms. The third kappa shape index (κ3) is 5.05. The number of rotatable bonds is 6. The molecule has 0 aliphatic carbocycles. The van der Waals surface area contributed by atoms with Gasteiger partial charge >= 0.3 is 5.97 Å². The van der Waals surface area contributed by atoms with Gasteiger partial charge in [-0.3, -0.25) is 19.7 Å². The second-order valence-electron chi connectivity index (χ2n) is 5.26. The van der Waals surface area contributed by atoms with E-state index in [0.717, 1.165) is 0 Å². The van der Waals surface area contributed by atoms with E-state index >= 15 is 0 Å². The minimum atomic E-state index is -0.960. The first-order chi connectivity index (χ1) is 9.19. The number of anilines is 1. The van der Waals surface area contributed by atoms with Crippen molar-refractivity contribution in [3.63, 3.8) is 0 Å². The average molecular weight is 280 g/mol. The highest BCUT2D eigenvalue weighted by Crippen LogP contribution is 2.25. The molecular weight excluding hydrogens is 264 g/mol. The van der Waals surface area contributed by atoms with Crippen molar-refractivity contribution < 1.29 is 19.6 Å². The van der Waals surface area contributed by atoms with E-state index in [1.165, 1.54) is 24.3 Å². The van der Waals surface area contributed by atoms with Crippen molar-refractivity contribution in [2.45, 2.75) is 26.7 Å². The van der Waals surface area contributed by atoms with E-state index in [2.05, 4.69) is 5.32 Å². The van der Waals surface area contributed by atoms with Gasteiger partial charge in [-0.15, -0.1) is 0 Å². The number of benzene rings is 1. The number of nitrogens with zero attached hydrogens (tertiary/aromatic N) is 1. The fraction of sp³-hybridized carbons (Fsp3) is 0.385. The van der Waals surface area contributed by atoms with Gasteiger partial charge in [-0.2, -0.15) is 0 Å². The fourth-order valence-corrected chi connectivity index (χ4v) is 1.78. The highest BCUT2D eigenvalue weighted by atomic mass is 16.6. The molecule has 0 radical (unpaired) electrons. The number of carboxylic acids is 1. The van der Waals surface area contributed by atoms with Crippen molar-refractivity contribution in [2.75, 3.05) is 5.32 Å². The van der Waals surface area contributed by atoms with Crippen molar-refractivity contribution in [2.24, 2.45) is 5.41 Å². The molecule has 7 nitrogen and oxygen atoms in total. The lowest BCUT2D eigenvalue weighted by Crippen LogP contribution is -2.24. The van der Waals surface area contributed by atoms with Gasteiger partial charge in [0.15, 0.2) is 0 Å². The number of nitro benzene ring substituents is 1. The maximum Gasteiger partial charge on any atom is 0.303 e. The van der Waals surface area contributed by atoms with Crippen LogP contribution < -0.4 is 5.32 Å². The topological polar surface area (TPSA) is 110 Å². The van der Waals surface area contributed by atoms with Crippen molar-refractivity contribution in [1.82, 2.24) is 0 Å². The smallest absolute Gasteiger partial charge is 0.303 e. The number of carbonyl (C=O) groups is 2. The molecule has 108 valence electrons. The van der Waals surface area contributed by atoms with Gasteiger partial charge in [-0.05, 0) is 17.5 Å². The van der Waals surface area contributed by atoms with Crippen LogP contribution >= 0.6 is 0 Å². The molecule has 0 unspecified atom stereocenters. The summed E-state index contributed by atoms with van der Waals surface area (Å²) in [5.74, 6) is -1.29. The minimum Gasteiger partial charge on any atom is -0.481 e. The number of carbonyl (C=O) groups excluding carboxylic acids is 1. The number of non-ortho nitro benzene ring substituents is 1. The van der Waals surface area contributed by atoms with Gasteiger partial charge in [0.1, 0.15) is 0 Å². The summed E-state index contributed by atoms with van der Waals surface area (Å²) in [7, 11) is 0. The Kier molecular flexibility index (Phi) is 4.79. The van der Waals surface area contributed by atoms with Crippen LogP contribution in [0.1, 0.15) is 26.7 Å². The van der Waals surface area contributed by atoms with Gasteiger partial charge in [0.2, 0.25) is 5.91 Å². The summed E-state index contributed by atoms with van der Waals surface area (Å²) in [5, 5.41) is 21.8. The predicted molar refractivity (Wildman–Crippen MR) is 72.4 cm³/mol. The second kappa shape index (κ2) is 6.14. The van der Waals surface area contributed by atoms with Crippen molar-refractivity contribution in [1.29, 1.82) is 0 Å². The van der Waals surface area contributed by atoms with E-state index in [1.54, 1.807) is 13.8 Å². The largest absolute Gasteiger partial charge is 0.481 e. The van der Waals surface area contributed by atoms with Crippen LogP contribution in [0.4, 0.5) is 11.4 Å². The number of amides is 1. The summed E-state index contributed by atoms with van der Waals surface area (Å²) in [6.45, 7) is 3.38. The van der Waals surface area contributed by atoms with Gasteiger partial charge in [0.25, 0.3) is 5.69 Å². The van der Waals surface area contributed by atoms with Crippen LogP contribution in [0, 0.1) is 15.5 Å². The summed E-state index contributed by atoms with van der Waals surface area (Å²) in [6.07, 6.45) is -0.0586. The Bertz CT molecular complexity index is 522. The molecule has 0 spiro atoms. The average Bonchev–Trinajstić information content (AvgIpc) is 2.26. The monoisotopic (exact) mass is 280 g/mol. The molecule has 1 aromatic carbocycles. The number of aliphatic carboxylic acids is 1. The molecule has 1 aromatic rings. The second-order valence-corrected chi connectivity index (χ2v) is 5.26. The van der Waals surface area contributed by atoms with Crippen LogP contribution in [0.3, 0.4) is 0 Å². The van der Waals surface area contributed by atoms with E-state index in [4.69, 9.17) is 5.11 Å². The Labute approximate surface area is 115 Å². The first-order valence-corrected chi connectivity index (χ1v) is 5.96. The minimum absolute atomic E-state index is 0.0519. The predicted octanol–water partition coefficient (Wildman–Crippen LogP) is 2.42. The van der Waals surface area contributed by atoms with E-state index < -0.39 is 16.3 Å². The van der Waals surface area contributed by atoms with E-state index in [0.29, 0.717) is 5.69 Å². The molecule has 1 amide bonds. The normalized spacial score (nSPS) is 10.9. The molecule has 1 rings (SSSR count). The summed E-state index contributed by atoms with van der Waals surface area (Å²) in [6, 6.07) is 5.44. The summed E-state index contributed by atoms with van der Waals surface area (Å²) in [5.41, 5.74) is -0.280. The summed E-state index contributed by atoms with van der Waals surface area (Å²) >= 11 is 0. The lowest BCUT2D eigenvalue weighted by Gasteiger charge is -2.21. The standard InChI is InChI=1S/C13H16N2O5/c1-13(2,8-12(17)18)7-11(16)14-9-3-5-10(6-4-9)15(19)20/h3-6H,7-8H2,1-2H3,(H,14,16)(H,17,18). The van der Waals surface area contributed by atoms with Crippen LogP contribution in [-0.2, 0) is 9.59 Å². The molecule has 0 saturated carbocycles. The molecule has 0 aromatic heterocycles. The zero-order valence-corrected chi connectivity index (χ0v) is 11.3. The van der Waals surface area contributed by atoms with Crippen molar-refractivity contribution in [3.8, 4) is 0 Å². The number of hydrogen-bond donors (Lipinski definition) is 2. The Balaban J connectivity index is 2.62. The lowest BCUT2D eigenvalue weighted by atomic mass is 9.85. The maximum atomic E-state index is 11.8. The first kappa shape index (κ1) is 15.6. The lowest BCUT2D eigenvalue weighted by molar-refractivity contribution is -0.384. The zero-order chi connectivity index (χ0) is 15.3. The Hall–Kier alpha value is -2.44. The quantitative estimate of drug-likeness (QED) is 0.614. The van der Waals surface area contributed by atoms with Crippen LogP contribution in [0.15, 0.2) is 24.3 Å². The molecule has 0 bridgehead atoms. The SMILES string of the molecule is CC(C)(CC(=O)O)CC(=O)Nc1ccc([N+](=O)[O-])cc1. The Morgan fingerprint density at radius 2 is 1.80 bits per heavy atom. The van der Waals surface area contributed by atoms with Crippen LogP contribution in [0.2, 0.25) is 0 Å². The highest BCUT2D eigenvalue weighted by Gasteiger charge is 2.25. The molecule has 0 aliphatic heterocycles. The van der Waals surface area contributed by atoms with Gasteiger partial charge in [-0.1, -0.05) is 13.8 Å². The third-order valence-electron chi connectivity index (χ3n) is 2.63. The summed E-state index contributed by atoms with van der Waals surface area (Å²) in [4.78, 5) is 32.4. The van der Waals surface area contributed by atoms with E-state index in [-0.39, 0.29) is 24.4 Å². The summed E-state index contributed by atoms with van der Waals surface area (Å²) < 4.78 is 0.